The van der Waals surface area contributed by atoms with Crippen molar-refractivity contribution in [3.05, 3.63) is 70.2 Å². The normalized spacial score (nSPS) is 18.3. The Balaban J connectivity index is 1.97. The van der Waals surface area contributed by atoms with Crippen LogP contribution in [0.2, 0.25) is 0 Å². The van der Waals surface area contributed by atoms with Gasteiger partial charge in [-0.15, -0.1) is 0 Å². The van der Waals surface area contributed by atoms with Gasteiger partial charge < -0.3 is 14.3 Å². The number of aromatic carboxylic acids is 1. The van der Waals surface area contributed by atoms with Crippen molar-refractivity contribution in [2.75, 3.05) is 0 Å². The van der Waals surface area contributed by atoms with E-state index >= 15 is 0 Å². The molecule has 0 spiro atoms. The first kappa shape index (κ1) is 20.2. The Morgan fingerprint density at radius 1 is 1.07 bits per heavy atom. The molecule has 0 saturated heterocycles. The lowest BCUT2D eigenvalue weighted by atomic mass is 9.62. The Morgan fingerprint density at radius 2 is 1.68 bits per heavy atom. The molecule has 0 radical (unpaired) electrons. The minimum atomic E-state index is -1.23. The molecule has 0 unspecified atom stereocenters. The molecule has 3 rings (SSSR count). The van der Waals surface area contributed by atoms with Crippen molar-refractivity contribution >= 4 is 17.6 Å². The highest BCUT2D eigenvalue weighted by atomic mass is 16.4. The SMILES string of the molecule is C/C(=C\C=C\c1occc1C(=O)[O-])c1cc2c(cc1C)C(C)(C)CCC2(C)C. The van der Waals surface area contributed by atoms with Gasteiger partial charge >= 0.3 is 0 Å². The number of carboxylic acid groups (broad SMARTS) is 1. The maximum Gasteiger partial charge on any atom is 0.135 e. The van der Waals surface area contributed by atoms with E-state index in [1.54, 1.807) is 6.08 Å². The van der Waals surface area contributed by atoms with Crippen LogP contribution in [0.25, 0.3) is 11.6 Å². The third kappa shape index (κ3) is 3.71. The summed E-state index contributed by atoms with van der Waals surface area (Å²) >= 11 is 0. The summed E-state index contributed by atoms with van der Waals surface area (Å²) in [6, 6.07) is 6.11. The summed E-state index contributed by atoms with van der Waals surface area (Å²) in [5.41, 5.74) is 6.96. The summed E-state index contributed by atoms with van der Waals surface area (Å²) < 4.78 is 5.22. The standard InChI is InChI=1S/C25H30O3/c1-16(8-7-9-22-18(23(26)27)10-13-28-22)19-15-21-20(14-17(19)2)24(3,4)11-12-25(21,5)6/h7-10,13-15H,11-12H2,1-6H3,(H,26,27)/p-1/b9-7+,16-8+. The van der Waals surface area contributed by atoms with Gasteiger partial charge in [-0.25, -0.2) is 0 Å². The van der Waals surface area contributed by atoms with E-state index in [4.69, 9.17) is 4.42 Å². The fourth-order valence-electron chi connectivity index (χ4n) is 4.14. The van der Waals surface area contributed by atoms with E-state index < -0.39 is 5.97 Å². The maximum absolute atomic E-state index is 11.1. The zero-order chi connectivity index (χ0) is 20.7. The number of fused-ring (bicyclic) bond motifs is 1. The predicted molar refractivity (Wildman–Crippen MR) is 112 cm³/mol. The molecule has 1 aromatic heterocycles. The first-order valence-corrected chi connectivity index (χ1v) is 9.83. The van der Waals surface area contributed by atoms with Gasteiger partial charge in [0.15, 0.2) is 0 Å². The molecule has 28 heavy (non-hydrogen) atoms. The van der Waals surface area contributed by atoms with Crippen molar-refractivity contribution in [3.8, 4) is 0 Å². The molecule has 0 atom stereocenters. The molecule has 148 valence electrons. The van der Waals surface area contributed by atoms with Crippen molar-refractivity contribution in [2.24, 2.45) is 0 Å². The Bertz CT molecular complexity index is 968. The molecule has 1 aromatic carbocycles. The third-order valence-corrected chi connectivity index (χ3v) is 6.13. The van der Waals surface area contributed by atoms with Crippen molar-refractivity contribution in [1.82, 2.24) is 0 Å². The second-order valence-electron chi connectivity index (χ2n) is 9.18. The highest BCUT2D eigenvalue weighted by molar-refractivity contribution is 5.89. The monoisotopic (exact) mass is 377 g/mol. The summed E-state index contributed by atoms with van der Waals surface area (Å²) in [5, 5.41) is 11.1. The topological polar surface area (TPSA) is 53.3 Å². The number of benzene rings is 1. The third-order valence-electron chi connectivity index (χ3n) is 6.13. The summed E-state index contributed by atoms with van der Waals surface area (Å²) in [4.78, 5) is 11.1. The number of carbonyl (C=O) groups excluding carboxylic acids is 1. The zero-order valence-electron chi connectivity index (χ0n) is 17.7. The smallest absolute Gasteiger partial charge is 0.135 e. The largest absolute Gasteiger partial charge is 0.545 e. The fourth-order valence-corrected chi connectivity index (χ4v) is 4.14. The second-order valence-corrected chi connectivity index (χ2v) is 9.18. The van der Waals surface area contributed by atoms with Gasteiger partial charge in [0, 0.05) is 5.56 Å². The number of allylic oxidation sites excluding steroid dienone is 3. The number of aryl methyl sites for hydroxylation is 1. The van der Waals surface area contributed by atoms with Crippen molar-refractivity contribution in [1.29, 1.82) is 0 Å². The van der Waals surface area contributed by atoms with E-state index in [9.17, 15) is 9.90 Å². The van der Waals surface area contributed by atoms with Gasteiger partial charge in [0.2, 0.25) is 0 Å². The fraction of sp³-hybridized carbons (Fsp3) is 0.400. The molecule has 0 fully saturated rings. The second kappa shape index (κ2) is 7.12. The molecule has 0 aliphatic heterocycles. The van der Waals surface area contributed by atoms with Crippen molar-refractivity contribution < 1.29 is 14.3 Å². The van der Waals surface area contributed by atoms with E-state index in [-0.39, 0.29) is 16.4 Å². The Labute approximate surface area is 167 Å². The van der Waals surface area contributed by atoms with Crippen LogP contribution in [0, 0.1) is 6.92 Å². The Hall–Kier alpha value is -2.55. The van der Waals surface area contributed by atoms with Crippen LogP contribution >= 0.6 is 0 Å². The van der Waals surface area contributed by atoms with Crippen LogP contribution in [0.5, 0.6) is 0 Å². The minimum absolute atomic E-state index is 0.0660. The highest BCUT2D eigenvalue weighted by Gasteiger charge is 2.37. The van der Waals surface area contributed by atoms with Crippen molar-refractivity contribution in [3.63, 3.8) is 0 Å². The lowest BCUT2D eigenvalue weighted by Crippen LogP contribution is -2.34. The van der Waals surface area contributed by atoms with Gasteiger partial charge in [-0.3, -0.25) is 0 Å². The van der Waals surface area contributed by atoms with Gasteiger partial charge in [0.25, 0.3) is 0 Å². The molecule has 2 aromatic rings. The summed E-state index contributed by atoms with van der Waals surface area (Å²) in [5.74, 6) is -0.932. The van der Waals surface area contributed by atoms with E-state index in [0.717, 1.165) is 5.57 Å². The quantitative estimate of drug-likeness (QED) is 0.669. The summed E-state index contributed by atoms with van der Waals surface area (Å²) in [7, 11) is 0. The summed E-state index contributed by atoms with van der Waals surface area (Å²) in [6.07, 6.45) is 9.23. The van der Waals surface area contributed by atoms with Gasteiger partial charge in [-0.2, -0.15) is 0 Å². The molecule has 3 heteroatoms. The van der Waals surface area contributed by atoms with Crippen LogP contribution in [-0.2, 0) is 10.8 Å². The maximum atomic E-state index is 11.1. The number of furan rings is 1. The van der Waals surface area contributed by atoms with E-state index in [0.29, 0.717) is 5.76 Å². The number of rotatable bonds is 4. The summed E-state index contributed by atoms with van der Waals surface area (Å²) in [6.45, 7) is 13.6. The van der Waals surface area contributed by atoms with Crippen molar-refractivity contribution in [2.45, 2.75) is 65.2 Å². The molecule has 0 bridgehead atoms. The predicted octanol–water partition coefficient (Wildman–Crippen LogP) is 5.42. The van der Waals surface area contributed by atoms with E-state index in [2.05, 4.69) is 53.7 Å². The van der Waals surface area contributed by atoms with Gasteiger partial charge in [0.05, 0.1) is 12.2 Å². The van der Waals surface area contributed by atoms with Gasteiger partial charge in [-0.05, 0) is 77.5 Å². The molecule has 1 aliphatic rings. The van der Waals surface area contributed by atoms with Crippen LogP contribution in [0.4, 0.5) is 0 Å². The van der Waals surface area contributed by atoms with Crippen LogP contribution in [0.1, 0.15) is 85.8 Å². The molecule has 0 saturated carbocycles. The molecular formula is C25H29O3-. The average molecular weight is 378 g/mol. The molecule has 1 heterocycles. The zero-order valence-corrected chi connectivity index (χ0v) is 17.7. The number of hydrogen-bond acceptors (Lipinski definition) is 3. The molecule has 1 aliphatic carbocycles. The Kier molecular flexibility index (Phi) is 5.14. The van der Waals surface area contributed by atoms with Gasteiger partial charge in [0.1, 0.15) is 5.76 Å². The number of carboxylic acids is 1. The number of hydrogen-bond donors (Lipinski definition) is 0. The number of carbonyl (C=O) groups is 1. The van der Waals surface area contributed by atoms with Crippen LogP contribution in [0.15, 0.2) is 41.0 Å². The van der Waals surface area contributed by atoms with E-state index in [1.807, 2.05) is 12.2 Å². The average Bonchev–Trinajstić information content (AvgIpc) is 3.07. The lowest BCUT2D eigenvalue weighted by Gasteiger charge is -2.42. The molecule has 3 nitrogen and oxygen atoms in total. The first-order valence-electron chi connectivity index (χ1n) is 9.83. The van der Waals surface area contributed by atoms with Gasteiger partial charge in [-0.1, -0.05) is 52.0 Å². The molecule has 0 N–H and O–H groups in total. The first-order chi connectivity index (χ1) is 13.0. The molecule has 0 amide bonds. The molecular weight excluding hydrogens is 348 g/mol. The minimum Gasteiger partial charge on any atom is -0.545 e. The van der Waals surface area contributed by atoms with Crippen LogP contribution in [0.3, 0.4) is 0 Å². The van der Waals surface area contributed by atoms with Crippen LogP contribution < -0.4 is 5.11 Å². The van der Waals surface area contributed by atoms with E-state index in [1.165, 1.54) is 47.4 Å². The highest BCUT2D eigenvalue weighted by Crippen LogP contribution is 2.47. The van der Waals surface area contributed by atoms with Crippen LogP contribution in [-0.4, -0.2) is 5.97 Å². The Morgan fingerprint density at radius 3 is 2.29 bits per heavy atom. The lowest BCUT2D eigenvalue weighted by molar-refractivity contribution is -0.255.